The van der Waals surface area contributed by atoms with Crippen molar-refractivity contribution in [3.05, 3.63) is 83.9 Å². The van der Waals surface area contributed by atoms with E-state index in [0.717, 1.165) is 16.4 Å². The van der Waals surface area contributed by atoms with Crippen LogP contribution in [0.4, 0.5) is 25.0 Å². The molecule has 0 fully saturated rings. The molecular formula is C30H34F2N4O6S. The monoisotopic (exact) mass is 616 g/mol. The number of rotatable bonds is 8. The Kier molecular flexibility index (Phi) is 9.99. The molecular weight excluding hydrogens is 582 g/mol. The van der Waals surface area contributed by atoms with E-state index in [-0.39, 0.29) is 42.8 Å². The summed E-state index contributed by atoms with van der Waals surface area (Å²) in [4.78, 5) is 27.5. The smallest absolute Gasteiger partial charge is 0.323 e. The molecule has 3 aromatic carbocycles. The molecule has 0 radical (unpaired) electrons. The van der Waals surface area contributed by atoms with Gasteiger partial charge in [-0.25, -0.2) is 22.0 Å². The third-order valence-corrected chi connectivity index (χ3v) is 9.07. The number of likely N-dealkylation sites (N-methyl/N-ethyl adjacent to an activating group) is 1. The zero-order chi connectivity index (χ0) is 31.3. The van der Waals surface area contributed by atoms with Gasteiger partial charge in [-0.1, -0.05) is 6.92 Å². The number of aliphatic hydroxyl groups excluding tert-OH is 1. The van der Waals surface area contributed by atoms with Crippen molar-refractivity contribution < 1.29 is 36.6 Å². The molecule has 0 aromatic heterocycles. The van der Waals surface area contributed by atoms with E-state index in [0.29, 0.717) is 22.7 Å². The number of hydrogen-bond acceptors (Lipinski definition) is 6. The van der Waals surface area contributed by atoms with Crippen LogP contribution in [0.2, 0.25) is 0 Å². The molecule has 10 nitrogen and oxygen atoms in total. The van der Waals surface area contributed by atoms with Crippen molar-refractivity contribution in [3.8, 4) is 5.75 Å². The molecule has 3 aromatic rings. The Morgan fingerprint density at radius 3 is 2.26 bits per heavy atom. The fourth-order valence-electron chi connectivity index (χ4n) is 4.69. The molecule has 1 aliphatic rings. The van der Waals surface area contributed by atoms with Gasteiger partial charge in [-0.3, -0.25) is 4.79 Å². The maximum atomic E-state index is 13.4. The number of anilines is 2. The Morgan fingerprint density at radius 2 is 1.63 bits per heavy atom. The number of nitrogens with zero attached hydrogens (tertiary/aromatic N) is 2. The highest BCUT2D eigenvalue weighted by Crippen LogP contribution is 2.30. The standard InChI is InChI=1S/C30H34F2N4O6S/c1-19-16-36(20(2)18-37)29(38)15-21-14-25(34-30(39)33-24-8-4-22(31)5-9-24)10-13-27(21)42-28(19)17-35(3)43(40,41)26-11-6-23(32)7-12-26/h4-14,19-20,28,37H,15-18H2,1-3H3,(H2,33,34,39)/t19-,20+,28-/m0/s1. The van der Waals surface area contributed by atoms with Crippen molar-refractivity contribution >= 4 is 33.3 Å². The second-order valence-electron chi connectivity index (χ2n) is 10.5. The molecule has 0 spiro atoms. The van der Waals surface area contributed by atoms with Crippen LogP contribution in [-0.4, -0.2) is 73.6 Å². The topological polar surface area (TPSA) is 128 Å². The Hall–Kier alpha value is -4.07. The SMILES string of the molecule is C[C@H](CO)N1C[C@H](C)[C@H](CN(C)S(=O)(=O)c2ccc(F)cc2)Oc2ccc(NC(=O)Nc3ccc(F)cc3)cc2CC1=O. The van der Waals surface area contributed by atoms with Gasteiger partial charge in [0, 0.05) is 36.4 Å². The molecule has 0 saturated carbocycles. The van der Waals surface area contributed by atoms with Gasteiger partial charge in [0.25, 0.3) is 0 Å². The van der Waals surface area contributed by atoms with Gasteiger partial charge in [0.05, 0.1) is 30.5 Å². The lowest BCUT2D eigenvalue weighted by Crippen LogP contribution is -2.48. The summed E-state index contributed by atoms with van der Waals surface area (Å²) in [6.07, 6.45) is -0.823. The van der Waals surface area contributed by atoms with Crippen LogP contribution in [0.15, 0.2) is 71.6 Å². The van der Waals surface area contributed by atoms with Crippen LogP contribution < -0.4 is 15.4 Å². The van der Waals surface area contributed by atoms with Gasteiger partial charge >= 0.3 is 6.03 Å². The zero-order valence-corrected chi connectivity index (χ0v) is 24.8. The van der Waals surface area contributed by atoms with Gasteiger partial charge in [-0.15, -0.1) is 0 Å². The van der Waals surface area contributed by atoms with Crippen molar-refractivity contribution in [2.24, 2.45) is 5.92 Å². The van der Waals surface area contributed by atoms with Crippen molar-refractivity contribution in [2.75, 3.05) is 37.4 Å². The Balaban J connectivity index is 1.61. The van der Waals surface area contributed by atoms with E-state index in [2.05, 4.69) is 10.6 Å². The fraction of sp³-hybridized carbons (Fsp3) is 0.333. The number of fused-ring (bicyclic) bond motifs is 1. The van der Waals surface area contributed by atoms with Crippen LogP contribution in [-0.2, 0) is 21.2 Å². The molecule has 0 saturated heterocycles. The number of urea groups is 1. The Bertz CT molecular complexity index is 1550. The fourth-order valence-corrected chi connectivity index (χ4v) is 5.87. The second-order valence-corrected chi connectivity index (χ2v) is 12.6. The number of benzene rings is 3. The number of aliphatic hydroxyl groups is 1. The quantitative estimate of drug-likeness (QED) is 0.350. The summed E-state index contributed by atoms with van der Waals surface area (Å²) in [5.41, 5.74) is 1.18. The summed E-state index contributed by atoms with van der Waals surface area (Å²) in [7, 11) is -2.59. The van der Waals surface area contributed by atoms with Crippen molar-refractivity contribution in [2.45, 2.75) is 37.3 Å². The lowest BCUT2D eigenvalue weighted by atomic mass is 10.0. The molecule has 3 amide bonds. The average Bonchev–Trinajstić information content (AvgIpc) is 3.01. The third-order valence-electron chi connectivity index (χ3n) is 7.24. The Labute approximate surface area is 249 Å². The van der Waals surface area contributed by atoms with Crippen LogP contribution in [0.5, 0.6) is 5.75 Å². The number of nitrogens with one attached hydrogen (secondary N) is 2. The number of carbonyl (C=O) groups is 2. The number of halogens is 2. The van der Waals surface area contributed by atoms with Gasteiger partial charge in [0.2, 0.25) is 15.9 Å². The van der Waals surface area contributed by atoms with E-state index in [1.54, 1.807) is 25.1 Å². The van der Waals surface area contributed by atoms with Crippen LogP contribution in [0, 0.1) is 17.6 Å². The summed E-state index contributed by atoms with van der Waals surface area (Å²) in [6, 6.07) is 13.4. The Morgan fingerprint density at radius 1 is 1.05 bits per heavy atom. The van der Waals surface area contributed by atoms with Crippen LogP contribution in [0.3, 0.4) is 0 Å². The number of amides is 3. The van der Waals surface area contributed by atoms with Gasteiger partial charge < -0.3 is 25.4 Å². The maximum Gasteiger partial charge on any atom is 0.323 e. The van der Waals surface area contributed by atoms with E-state index in [4.69, 9.17) is 4.74 Å². The van der Waals surface area contributed by atoms with Gasteiger partial charge in [-0.2, -0.15) is 4.31 Å². The molecule has 3 atom stereocenters. The predicted molar refractivity (Wildman–Crippen MR) is 157 cm³/mol. The van der Waals surface area contributed by atoms with Gasteiger partial charge in [-0.05, 0) is 73.7 Å². The van der Waals surface area contributed by atoms with Crippen molar-refractivity contribution in [1.29, 1.82) is 0 Å². The highest BCUT2D eigenvalue weighted by Gasteiger charge is 2.33. The molecule has 1 heterocycles. The first-order valence-corrected chi connectivity index (χ1v) is 15.1. The molecule has 230 valence electrons. The highest BCUT2D eigenvalue weighted by atomic mass is 32.2. The van der Waals surface area contributed by atoms with E-state index in [1.807, 2.05) is 6.92 Å². The summed E-state index contributed by atoms with van der Waals surface area (Å²) >= 11 is 0. The van der Waals surface area contributed by atoms with Crippen LogP contribution in [0.1, 0.15) is 19.4 Å². The minimum absolute atomic E-state index is 0.0761. The molecule has 43 heavy (non-hydrogen) atoms. The van der Waals surface area contributed by atoms with Crippen LogP contribution in [0.25, 0.3) is 0 Å². The first-order chi connectivity index (χ1) is 20.4. The summed E-state index contributed by atoms with van der Waals surface area (Å²) in [5.74, 6) is -1.31. The second kappa shape index (κ2) is 13.5. The number of hydrogen-bond donors (Lipinski definition) is 3. The lowest BCUT2D eigenvalue weighted by Gasteiger charge is -2.33. The molecule has 3 N–H and O–H groups in total. The molecule has 1 aliphatic heterocycles. The first-order valence-electron chi connectivity index (χ1n) is 13.6. The minimum atomic E-state index is -3.99. The summed E-state index contributed by atoms with van der Waals surface area (Å²) in [6.45, 7) is 3.36. The lowest BCUT2D eigenvalue weighted by molar-refractivity contribution is -0.134. The molecule has 0 aliphatic carbocycles. The van der Waals surface area contributed by atoms with Crippen LogP contribution >= 0.6 is 0 Å². The van der Waals surface area contributed by atoms with Crippen molar-refractivity contribution in [1.82, 2.24) is 9.21 Å². The number of sulfonamides is 1. The van der Waals surface area contributed by atoms with E-state index in [1.165, 1.54) is 48.3 Å². The third kappa shape index (κ3) is 7.86. The average molecular weight is 617 g/mol. The summed E-state index contributed by atoms with van der Waals surface area (Å²) < 4.78 is 60.6. The zero-order valence-electron chi connectivity index (χ0n) is 24.0. The van der Waals surface area contributed by atoms with Gasteiger partial charge in [0.1, 0.15) is 23.5 Å². The highest BCUT2D eigenvalue weighted by molar-refractivity contribution is 7.89. The first kappa shape index (κ1) is 31.9. The predicted octanol–water partition coefficient (Wildman–Crippen LogP) is 4.08. The van der Waals surface area contributed by atoms with E-state index >= 15 is 0 Å². The number of carbonyl (C=O) groups excluding carboxylic acids is 2. The molecule has 0 unspecified atom stereocenters. The van der Waals surface area contributed by atoms with E-state index in [9.17, 15) is 31.9 Å². The van der Waals surface area contributed by atoms with E-state index < -0.39 is 39.8 Å². The molecule has 13 heteroatoms. The largest absolute Gasteiger partial charge is 0.488 e. The summed E-state index contributed by atoms with van der Waals surface area (Å²) in [5, 5.41) is 15.1. The molecule has 4 rings (SSSR count). The van der Waals surface area contributed by atoms with Crippen molar-refractivity contribution in [3.63, 3.8) is 0 Å². The van der Waals surface area contributed by atoms with Gasteiger partial charge in [0.15, 0.2) is 0 Å². The minimum Gasteiger partial charge on any atom is -0.488 e. The molecule has 0 bridgehead atoms. The maximum absolute atomic E-state index is 13.4. The normalized spacial score (nSPS) is 18.1. The number of ether oxygens (including phenoxy) is 1.